The number of cyclic esters (lactones) is 1. The molecule has 1 aromatic rings. The fraction of sp³-hybridized carbons (Fsp3) is 0.594. The van der Waals surface area contributed by atoms with Crippen molar-refractivity contribution in [3.05, 3.63) is 47.6 Å². The predicted molar refractivity (Wildman–Crippen MR) is 167 cm³/mol. The smallest absolute Gasteiger partial charge is 0.342 e. The Hall–Kier alpha value is -3.45. The maximum atomic E-state index is 13.5. The number of likely N-dealkylation sites (N-methyl/N-ethyl adjacent to an activating group) is 1. The summed E-state index contributed by atoms with van der Waals surface area (Å²) in [4.78, 5) is 33.0. The normalized spacial score (nSPS) is 18.1. The van der Waals surface area contributed by atoms with Crippen molar-refractivity contribution in [3.63, 3.8) is 0 Å². The standard InChI is InChI=1S/C32H49N3O9/c1-5-16-35(4)30(36)22-44-34-26-12-10-14-27(40-18-11-15-33)13-8-9-17-41-32(37)31-25(19-26)20-28(42-23-38-6-2)21-29(31)43-24-39-7-3/h8,10,12-13,20-21,27H,5-7,9,11,14-19,22-24,33H2,1-4H3/b12-10+,13-8+,34-26+. The molecule has 0 fully saturated rings. The first-order valence-corrected chi connectivity index (χ1v) is 15.3. The van der Waals surface area contributed by atoms with Gasteiger partial charge in [0.1, 0.15) is 17.1 Å². The average molecular weight is 620 g/mol. The van der Waals surface area contributed by atoms with E-state index >= 15 is 0 Å². The summed E-state index contributed by atoms with van der Waals surface area (Å²) in [6.45, 7) is 8.15. The van der Waals surface area contributed by atoms with Crippen LogP contribution < -0.4 is 15.2 Å². The molecule has 1 aromatic carbocycles. The summed E-state index contributed by atoms with van der Waals surface area (Å²) in [5.74, 6) is -0.0925. The summed E-state index contributed by atoms with van der Waals surface area (Å²) in [5.41, 5.74) is 6.84. The number of hydrogen-bond acceptors (Lipinski definition) is 11. The SMILES string of the molecule is CCCN(C)C(=O)CO/N=C1\C=C\CC(OCCCN)/C=C/CCOC(=O)c2c(cc(OCOCC)cc2OCOCC)C1. The second-order valence-electron chi connectivity index (χ2n) is 9.86. The van der Waals surface area contributed by atoms with Gasteiger partial charge in [-0.15, -0.1) is 0 Å². The van der Waals surface area contributed by atoms with Crippen molar-refractivity contribution in [1.82, 2.24) is 4.90 Å². The van der Waals surface area contributed by atoms with Crippen molar-refractivity contribution >= 4 is 17.6 Å². The average Bonchev–Trinajstić information content (AvgIpc) is 3.00. The first-order chi connectivity index (χ1) is 21.4. The summed E-state index contributed by atoms with van der Waals surface area (Å²) in [5, 5.41) is 4.29. The van der Waals surface area contributed by atoms with Gasteiger partial charge in [-0.1, -0.05) is 30.3 Å². The third kappa shape index (κ3) is 13.9. The fourth-order valence-corrected chi connectivity index (χ4v) is 4.05. The zero-order valence-corrected chi connectivity index (χ0v) is 26.6. The topological polar surface area (TPSA) is 140 Å². The summed E-state index contributed by atoms with van der Waals surface area (Å²) >= 11 is 0. The minimum absolute atomic E-state index is 0.0138. The predicted octanol–water partition coefficient (Wildman–Crippen LogP) is 4.01. The van der Waals surface area contributed by atoms with E-state index in [1.54, 1.807) is 30.2 Å². The van der Waals surface area contributed by atoms with Gasteiger partial charge in [-0.05, 0) is 63.8 Å². The van der Waals surface area contributed by atoms with E-state index < -0.39 is 5.97 Å². The number of allylic oxidation sites excluding steroid dienone is 1. The van der Waals surface area contributed by atoms with Crippen molar-refractivity contribution in [2.24, 2.45) is 10.9 Å². The van der Waals surface area contributed by atoms with Crippen LogP contribution in [0.2, 0.25) is 0 Å². The molecular formula is C32H49N3O9. The molecule has 246 valence electrons. The monoisotopic (exact) mass is 619 g/mol. The number of nitrogens with two attached hydrogens (primary N) is 1. The van der Waals surface area contributed by atoms with Crippen LogP contribution in [0.3, 0.4) is 0 Å². The third-order valence-corrected chi connectivity index (χ3v) is 6.33. The van der Waals surface area contributed by atoms with E-state index in [-0.39, 0.29) is 56.5 Å². The molecule has 0 spiro atoms. The summed E-state index contributed by atoms with van der Waals surface area (Å²) in [6, 6.07) is 3.33. The molecule has 12 heteroatoms. The van der Waals surface area contributed by atoms with Gasteiger partial charge in [0.2, 0.25) is 0 Å². The first-order valence-electron chi connectivity index (χ1n) is 15.3. The van der Waals surface area contributed by atoms with Crippen LogP contribution in [0.25, 0.3) is 0 Å². The van der Waals surface area contributed by atoms with Gasteiger partial charge in [0.15, 0.2) is 20.2 Å². The Kier molecular flexibility index (Phi) is 18.5. The molecule has 1 heterocycles. The van der Waals surface area contributed by atoms with Crippen LogP contribution in [0.5, 0.6) is 11.5 Å². The molecular weight excluding hydrogens is 570 g/mol. The number of esters is 1. The van der Waals surface area contributed by atoms with Crippen LogP contribution in [-0.2, 0) is 35.0 Å². The van der Waals surface area contributed by atoms with E-state index in [0.717, 1.165) is 12.8 Å². The third-order valence-electron chi connectivity index (χ3n) is 6.33. The number of fused-ring (bicyclic) bond motifs is 1. The molecule has 1 aliphatic rings. The minimum atomic E-state index is -0.565. The van der Waals surface area contributed by atoms with Gasteiger partial charge in [0.05, 0.1) is 18.4 Å². The van der Waals surface area contributed by atoms with Gasteiger partial charge >= 0.3 is 5.97 Å². The number of carbonyl (C=O) groups excluding carboxylic acids is 2. The van der Waals surface area contributed by atoms with Crippen LogP contribution in [0.15, 0.2) is 41.6 Å². The highest BCUT2D eigenvalue weighted by atomic mass is 16.7. The molecule has 0 bridgehead atoms. The van der Waals surface area contributed by atoms with Crippen LogP contribution in [0, 0.1) is 0 Å². The lowest BCUT2D eigenvalue weighted by atomic mass is 9.99. The zero-order chi connectivity index (χ0) is 32.0. The molecule has 1 atom stereocenters. The number of ether oxygens (including phenoxy) is 6. The largest absolute Gasteiger partial charge is 0.467 e. The van der Waals surface area contributed by atoms with E-state index in [4.69, 9.17) is 39.0 Å². The van der Waals surface area contributed by atoms with Gasteiger partial charge in [0, 0.05) is 45.9 Å². The highest BCUT2D eigenvalue weighted by Gasteiger charge is 2.23. The van der Waals surface area contributed by atoms with Crippen LogP contribution >= 0.6 is 0 Å². The zero-order valence-electron chi connectivity index (χ0n) is 26.6. The molecule has 0 saturated heterocycles. The Balaban J connectivity index is 2.51. The number of nitrogens with zero attached hydrogens (tertiary/aromatic N) is 2. The van der Waals surface area contributed by atoms with Gasteiger partial charge in [0.25, 0.3) is 5.91 Å². The summed E-state index contributed by atoms with van der Waals surface area (Å²) in [6.07, 6.45) is 10.2. The number of oxime groups is 1. The number of carbonyl (C=O) groups is 2. The summed E-state index contributed by atoms with van der Waals surface area (Å²) < 4.78 is 34.0. The molecule has 0 aromatic heterocycles. The highest BCUT2D eigenvalue weighted by Crippen LogP contribution is 2.31. The van der Waals surface area contributed by atoms with E-state index in [1.165, 1.54) is 0 Å². The molecule has 1 aliphatic heterocycles. The van der Waals surface area contributed by atoms with Crippen molar-refractivity contribution in [2.75, 3.05) is 66.8 Å². The second kappa shape index (κ2) is 22.1. The van der Waals surface area contributed by atoms with Crippen LogP contribution in [0.1, 0.15) is 62.4 Å². The fourth-order valence-electron chi connectivity index (χ4n) is 4.05. The Bertz CT molecular complexity index is 1090. The Morgan fingerprint density at radius 1 is 1.11 bits per heavy atom. The van der Waals surface area contributed by atoms with Gasteiger partial charge in [-0.2, -0.15) is 0 Å². The van der Waals surface area contributed by atoms with E-state index in [1.807, 2.05) is 39.0 Å². The molecule has 1 amide bonds. The molecule has 0 saturated carbocycles. The lowest BCUT2D eigenvalue weighted by Crippen LogP contribution is -2.30. The molecule has 0 aliphatic carbocycles. The molecule has 2 N–H and O–H groups in total. The van der Waals surface area contributed by atoms with Gasteiger partial charge < -0.3 is 43.9 Å². The summed E-state index contributed by atoms with van der Waals surface area (Å²) in [7, 11) is 1.72. The lowest BCUT2D eigenvalue weighted by Gasteiger charge is -2.18. The number of hydrogen-bond donors (Lipinski definition) is 1. The quantitative estimate of drug-likeness (QED) is 0.0894. The van der Waals surface area contributed by atoms with E-state index in [0.29, 0.717) is 62.8 Å². The Morgan fingerprint density at radius 2 is 1.89 bits per heavy atom. The Morgan fingerprint density at radius 3 is 2.61 bits per heavy atom. The lowest BCUT2D eigenvalue weighted by molar-refractivity contribution is -0.134. The molecule has 12 nitrogen and oxygen atoms in total. The second-order valence-corrected chi connectivity index (χ2v) is 9.86. The van der Waals surface area contributed by atoms with Gasteiger partial charge in [-0.25, -0.2) is 4.79 Å². The maximum Gasteiger partial charge on any atom is 0.342 e. The molecule has 44 heavy (non-hydrogen) atoms. The maximum absolute atomic E-state index is 13.5. The highest BCUT2D eigenvalue weighted by molar-refractivity contribution is 6.00. The van der Waals surface area contributed by atoms with Crippen molar-refractivity contribution in [3.8, 4) is 11.5 Å². The van der Waals surface area contributed by atoms with Crippen molar-refractivity contribution < 1.29 is 42.8 Å². The van der Waals surface area contributed by atoms with Crippen LogP contribution in [-0.4, -0.2) is 95.3 Å². The van der Waals surface area contributed by atoms with E-state index in [9.17, 15) is 9.59 Å². The Labute approximate surface area is 261 Å². The molecule has 0 radical (unpaired) electrons. The molecule has 2 rings (SSSR count). The van der Waals surface area contributed by atoms with Crippen molar-refractivity contribution in [2.45, 2.75) is 59.0 Å². The van der Waals surface area contributed by atoms with E-state index in [2.05, 4.69) is 5.16 Å². The van der Waals surface area contributed by atoms with Crippen molar-refractivity contribution in [1.29, 1.82) is 0 Å². The molecule has 1 unspecified atom stereocenters. The number of amides is 1. The number of rotatable bonds is 17. The number of benzene rings is 1. The van der Waals surface area contributed by atoms with Crippen LogP contribution in [0.4, 0.5) is 0 Å². The first kappa shape index (κ1) is 36.7. The minimum Gasteiger partial charge on any atom is -0.467 e. The van der Waals surface area contributed by atoms with Gasteiger partial charge in [-0.3, -0.25) is 4.79 Å².